The predicted octanol–water partition coefficient (Wildman–Crippen LogP) is 5.59. The number of nitriles is 2. The highest BCUT2D eigenvalue weighted by Gasteiger charge is 2.16. The quantitative estimate of drug-likeness (QED) is 0.407. The Morgan fingerprint density at radius 2 is 1.48 bits per heavy atom. The maximum absolute atomic E-state index is 9.80. The molecule has 0 N–H and O–H groups in total. The molecule has 0 amide bonds. The van der Waals surface area contributed by atoms with Crippen LogP contribution in [0.15, 0.2) is 85.2 Å². The summed E-state index contributed by atoms with van der Waals surface area (Å²) >= 11 is 0. The lowest BCUT2D eigenvalue weighted by Crippen LogP contribution is -1.97. The summed E-state index contributed by atoms with van der Waals surface area (Å²) in [7, 11) is 0. The van der Waals surface area contributed by atoms with Crippen LogP contribution in [0.2, 0.25) is 0 Å². The average Bonchev–Trinajstić information content (AvgIpc) is 3.14. The van der Waals surface area contributed by atoms with Crippen molar-refractivity contribution in [1.29, 1.82) is 10.5 Å². The van der Waals surface area contributed by atoms with E-state index in [4.69, 9.17) is 0 Å². The summed E-state index contributed by atoms with van der Waals surface area (Å²) in [6.45, 7) is 0. The van der Waals surface area contributed by atoms with Crippen molar-refractivity contribution in [2.45, 2.75) is 0 Å². The van der Waals surface area contributed by atoms with Crippen LogP contribution in [0.1, 0.15) is 11.1 Å². The first-order valence-electron chi connectivity index (χ1n) is 9.19. The molecular weight excluding hydrogens is 356 g/mol. The van der Waals surface area contributed by atoms with Crippen LogP contribution < -0.4 is 0 Å². The van der Waals surface area contributed by atoms with E-state index in [9.17, 15) is 10.5 Å². The Hall–Kier alpha value is -4.41. The number of para-hydroxylation sites is 2. The van der Waals surface area contributed by atoms with Gasteiger partial charge in [-0.15, -0.1) is 0 Å². The Labute approximate surface area is 167 Å². The van der Waals surface area contributed by atoms with Gasteiger partial charge in [0.2, 0.25) is 0 Å². The lowest BCUT2D eigenvalue weighted by Gasteiger charge is -2.11. The monoisotopic (exact) mass is 370 g/mol. The smallest absolute Gasteiger partial charge is 0.101 e. The fourth-order valence-electron chi connectivity index (χ4n) is 3.92. The van der Waals surface area contributed by atoms with Crippen LogP contribution in [0.5, 0.6) is 0 Å². The van der Waals surface area contributed by atoms with Crippen molar-refractivity contribution in [3.05, 3.63) is 96.3 Å². The topological polar surface area (TPSA) is 65.4 Å². The van der Waals surface area contributed by atoms with Crippen molar-refractivity contribution in [3.8, 4) is 29.0 Å². The minimum absolute atomic E-state index is 0.578. The number of hydrogen-bond acceptors (Lipinski definition) is 3. The van der Waals surface area contributed by atoms with E-state index in [2.05, 4.69) is 27.8 Å². The van der Waals surface area contributed by atoms with E-state index < -0.39 is 0 Å². The Balaban J connectivity index is 1.85. The van der Waals surface area contributed by atoms with Crippen molar-refractivity contribution < 1.29 is 0 Å². The van der Waals surface area contributed by atoms with Crippen LogP contribution in [-0.4, -0.2) is 9.55 Å². The first kappa shape index (κ1) is 16.7. The summed E-state index contributed by atoms with van der Waals surface area (Å²) < 4.78 is 2.07. The first-order valence-corrected chi connectivity index (χ1v) is 9.19. The highest BCUT2D eigenvalue weighted by Crippen LogP contribution is 2.35. The molecule has 2 heterocycles. The second-order valence-electron chi connectivity index (χ2n) is 6.74. The first-order chi connectivity index (χ1) is 14.3. The summed E-state index contributed by atoms with van der Waals surface area (Å²) in [5.41, 5.74) is 5.71. The predicted molar refractivity (Wildman–Crippen MR) is 113 cm³/mol. The number of fused-ring (bicyclic) bond motifs is 3. The number of pyridine rings is 1. The third-order valence-corrected chi connectivity index (χ3v) is 5.19. The molecule has 5 rings (SSSR count). The van der Waals surface area contributed by atoms with Crippen LogP contribution in [0.25, 0.3) is 38.6 Å². The molecule has 0 aliphatic carbocycles. The van der Waals surface area contributed by atoms with Gasteiger partial charge in [0.05, 0.1) is 28.2 Å². The van der Waals surface area contributed by atoms with Gasteiger partial charge in [-0.1, -0.05) is 36.4 Å². The van der Waals surface area contributed by atoms with E-state index in [0.29, 0.717) is 11.1 Å². The van der Waals surface area contributed by atoms with Crippen molar-refractivity contribution in [2.75, 3.05) is 0 Å². The Morgan fingerprint density at radius 1 is 0.724 bits per heavy atom. The Morgan fingerprint density at radius 3 is 2.28 bits per heavy atom. The molecule has 3 aromatic carbocycles. The van der Waals surface area contributed by atoms with Crippen molar-refractivity contribution in [2.24, 2.45) is 0 Å². The molecule has 0 saturated carbocycles. The average molecular weight is 370 g/mol. The van der Waals surface area contributed by atoms with E-state index >= 15 is 0 Å². The molecule has 0 bridgehead atoms. The molecule has 0 atom stereocenters. The molecule has 4 heteroatoms. The normalized spacial score (nSPS) is 10.7. The van der Waals surface area contributed by atoms with E-state index in [1.165, 1.54) is 0 Å². The summed E-state index contributed by atoms with van der Waals surface area (Å²) in [6, 6.07) is 28.1. The third kappa shape index (κ3) is 2.56. The van der Waals surface area contributed by atoms with Gasteiger partial charge in [-0.2, -0.15) is 10.5 Å². The minimum atomic E-state index is 0.578. The van der Waals surface area contributed by atoms with Gasteiger partial charge in [0.25, 0.3) is 0 Å². The van der Waals surface area contributed by atoms with Crippen LogP contribution in [-0.2, 0) is 0 Å². The van der Waals surface area contributed by atoms with E-state index in [-0.39, 0.29) is 0 Å². The number of nitrogens with zero attached hydrogens (tertiary/aromatic N) is 4. The molecule has 0 aliphatic heterocycles. The number of aromatic nitrogens is 2. The summed E-state index contributed by atoms with van der Waals surface area (Å²) in [5, 5.41) is 21.6. The molecule has 134 valence electrons. The SMILES string of the molecule is N#Cc1cc(-n2c3ccccc3c3cccc(C#N)c32)ccc1-c1ccncc1. The van der Waals surface area contributed by atoms with E-state index in [1.54, 1.807) is 12.4 Å². The zero-order valence-electron chi connectivity index (χ0n) is 15.4. The fourth-order valence-corrected chi connectivity index (χ4v) is 3.92. The maximum Gasteiger partial charge on any atom is 0.101 e. The molecule has 4 nitrogen and oxygen atoms in total. The highest BCUT2D eigenvalue weighted by atomic mass is 15.0. The minimum Gasteiger partial charge on any atom is -0.308 e. The van der Waals surface area contributed by atoms with Gasteiger partial charge in [-0.3, -0.25) is 4.98 Å². The molecular formula is C25H14N4. The maximum atomic E-state index is 9.80. The van der Waals surface area contributed by atoms with Gasteiger partial charge in [-0.05, 0) is 47.5 Å². The molecule has 29 heavy (non-hydrogen) atoms. The largest absolute Gasteiger partial charge is 0.308 e. The summed E-state index contributed by atoms with van der Waals surface area (Å²) in [6.07, 6.45) is 3.44. The molecule has 5 aromatic rings. The van der Waals surface area contributed by atoms with Crippen LogP contribution in [0.3, 0.4) is 0 Å². The number of rotatable bonds is 2. The van der Waals surface area contributed by atoms with Gasteiger partial charge in [0, 0.05) is 28.9 Å². The van der Waals surface area contributed by atoms with Gasteiger partial charge in [0.1, 0.15) is 6.07 Å². The molecule has 2 aromatic heterocycles. The van der Waals surface area contributed by atoms with Crippen molar-refractivity contribution in [3.63, 3.8) is 0 Å². The van der Waals surface area contributed by atoms with E-state index in [0.717, 1.165) is 38.6 Å². The Bertz CT molecular complexity index is 1460. The van der Waals surface area contributed by atoms with Gasteiger partial charge in [-0.25, -0.2) is 0 Å². The number of benzene rings is 3. The van der Waals surface area contributed by atoms with Crippen molar-refractivity contribution in [1.82, 2.24) is 9.55 Å². The molecule has 0 radical (unpaired) electrons. The second kappa shape index (κ2) is 6.64. The molecule has 0 aliphatic rings. The fraction of sp³-hybridized carbons (Fsp3) is 0. The Kier molecular flexibility index (Phi) is 3.83. The van der Waals surface area contributed by atoms with Crippen molar-refractivity contribution >= 4 is 21.8 Å². The summed E-state index contributed by atoms with van der Waals surface area (Å²) in [5.74, 6) is 0. The number of hydrogen-bond donors (Lipinski definition) is 0. The lowest BCUT2D eigenvalue weighted by molar-refractivity contribution is 1.17. The van der Waals surface area contributed by atoms with Crippen LogP contribution >= 0.6 is 0 Å². The molecule has 0 spiro atoms. The molecule has 0 saturated heterocycles. The molecule has 0 fully saturated rings. The molecule has 0 unspecified atom stereocenters. The second-order valence-corrected chi connectivity index (χ2v) is 6.74. The van der Waals surface area contributed by atoms with Gasteiger partial charge >= 0.3 is 0 Å². The van der Waals surface area contributed by atoms with Gasteiger partial charge < -0.3 is 4.57 Å². The van der Waals surface area contributed by atoms with E-state index in [1.807, 2.05) is 66.7 Å². The zero-order valence-corrected chi connectivity index (χ0v) is 15.4. The van der Waals surface area contributed by atoms with Crippen LogP contribution in [0.4, 0.5) is 0 Å². The standard InChI is InChI=1S/C25H14N4/c26-15-18-4-3-6-23-22-5-1-2-7-24(22)29(25(18)23)20-8-9-21(19(14-20)16-27)17-10-12-28-13-11-17/h1-14H. The summed E-state index contributed by atoms with van der Waals surface area (Å²) in [4.78, 5) is 4.05. The third-order valence-electron chi connectivity index (χ3n) is 5.19. The van der Waals surface area contributed by atoms with Crippen LogP contribution in [0, 0.1) is 22.7 Å². The zero-order chi connectivity index (χ0) is 19.8. The highest BCUT2D eigenvalue weighted by molar-refractivity contribution is 6.10. The lowest BCUT2D eigenvalue weighted by atomic mass is 10.0. The van der Waals surface area contributed by atoms with Gasteiger partial charge in [0.15, 0.2) is 0 Å².